The molecule has 0 amide bonds. The van der Waals surface area contributed by atoms with Gasteiger partial charge in [-0.25, -0.2) is 14.2 Å². The number of aryl methyl sites for hydroxylation is 1. The second kappa shape index (κ2) is 6.45. The maximum atomic E-state index is 15.7. The van der Waals surface area contributed by atoms with Gasteiger partial charge in [-0.3, -0.25) is 4.79 Å². The van der Waals surface area contributed by atoms with Gasteiger partial charge in [0, 0.05) is 22.6 Å². The molecule has 0 saturated carbocycles. The van der Waals surface area contributed by atoms with Crippen molar-refractivity contribution in [1.29, 1.82) is 0 Å². The fourth-order valence-corrected chi connectivity index (χ4v) is 4.67. The summed E-state index contributed by atoms with van der Waals surface area (Å²) in [6.07, 6.45) is 0.0438. The third kappa shape index (κ3) is 2.49. The van der Waals surface area contributed by atoms with Crippen LogP contribution in [-0.4, -0.2) is 20.6 Å². The van der Waals surface area contributed by atoms with Crippen molar-refractivity contribution in [2.75, 3.05) is 0 Å². The average molecular weight is 423 g/mol. The highest BCUT2D eigenvalue weighted by atomic mass is 19.1. The molecule has 0 saturated heterocycles. The maximum absolute atomic E-state index is 15.7. The standard InChI is InChI=1S/C23H22FN3O4/c1-4-23(30)15-7-16-19-13(8-27(16)21(28)14(15)9-31-22(23)29)18(24)17-10(2)5-6-12(11(3)25)20(17)26-19/h5-7,11,30H,4,8-9,25H2,1-3H3/t11?,23-/m0/s1. The van der Waals surface area contributed by atoms with Gasteiger partial charge < -0.3 is 20.1 Å². The number of esters is 1. The number of fused-ring (bicyclic) bond motifs is 5. The molecule has 3 N–H and O–H groups in total. The Morgan fingerprint density at radius 2 is 2.10 bits per heavy atom. The lowest BCUT2D eigenvalue weighted by Gasteiger charge is -2.31. The molecule has 7 nitrogen and oxygen atoms in total. The van der Waals surface area contributed by atoms with Crippen LogP contribution in [0.15, 0.2) is 23.0 Å². The van der Waals surface area contributed by atoms with Gasteiger partial charge in [-0.2, -0.15) is 0 Å². The number of cyclic esters (lactones) is 1. The first-order chi connectivity index (χ1) is 14.7. The quantitative estimate of drug-likeness (QED) is 0.480. The zero-order valence-corrected chi connectivity index (χ0v) is 17.5. The molecular formula is C23H22FN3O4. The SMILES string of the molecule is CC[C@@]1(O)C(=O)OCc2c1cc1n(c2=O)Cc2c-1nc1c(C(C)N)ccc(C)c1c2F. The Kier molecular flexibility index (Phi) is 4.13. The third-order valence-corrected chi connectivity index (χ3v) is 6.50. The van der Waals surface area contributed by atoms with Crippen LogP contribution >= 0.6 is 0 Å². The minimum absolute atomic E-state index is 0.0197. The van der Waals surface area contributed by atoms with Crippen molar-refractivity contribution in [2.24, 2.45) is 5.73 Å². The van der Waals surface area contributed by atoms with Gasteiger partial charge in [-0.1, -0.05) is 19.1 Å². The molecule has 3 aromatic rings. The van der Waals surface area contributed by atoms with E-state index in [4.69, 9.17) is 15.5 Å². The topological polar surface area (TPSA) is 107 Å². The summed E-state index contributed by atoms with van der Waals surface area (Å²) < 4.78 is 22.2. The van der Waals surface area contributed by atoms with Crippen LogP contribution in [0.2, 0.25) is 0 Å². The van der Waals surface area contributed by atoms with E-state index >= 15 is 4.39 Å². The molecule has 2 aliphatic heterocycles. The van der Waals surface area contributed by atoms with Crippen molar-refractivity contribution in [2.45, 2.75) is 52.0 Å². The van der Waals surface area contributed by atoms with Crippen LogP contribution in [-0.2, 0) is 28.3 Å². The Bertz CT molecular complexity index is 1360. The summed E-state index contributed by atoms with van der Waals surface area (Å²) in [7, 11) is 0. The number of rotatable bonds is 2. The van der Waals surface area contributed by atoms with Crippen molar-refractivity contribution in [3.63, 3.8) is 0 Å². The highest BCUT2D eigenvalue weighted by molar-refractivity contribution is 5.90. The third-order valence-electron chi connectivity index (χ3n) is 6.50. The molecular weight excluding hydrogens is 401 g/mol. The minimum atomic E-state index is -1.92. The number of hydrogen-bond acceptors (Lipinski definition) is 6. The highest BCUT2D eigenvalue weighted by Crippen LogP contribution is 2.40. The van der Waals surface area contributed by atoms with E-state index in [0.717, 1.165) is 5.56 Å². The van der Waals surface area contributed by atoms with Crippen LogP contribution in [0, 0.1) is 12.7 Å². The van der Waals surface area contributed by atoms with Gasteiger partial charge in [0.05, 0.1) is 29.0 Å². The molecule has 0 bridgehead atoms. The zero-order valence-electron chi connectivity index (χ0n) is 17.5. The summed E-state index contributed by atoms with van der Waals surface area (Å²) in [5.41, 5.74) is 7.07. The molecule has 0 radical (unpaired) electrons. The molecule has 31 heavy (non-hydrogen) atoms. The number of halogens is 1. The lowest BCUT2D eigenvalue weighted by Crippen LogP contribution is -2.44. The average Bonchev–Trinajstić information content (AvgIpc) is 3.10. The number of aromatic nitrogens is 2. The van der Waals surface area contributed by atoms with E-state index < -0.39 is 22.9 Å². The number of nitrogens with zero attached hydrogens (tertiary/aromatic N) is 2. The van der Waals surface area contributed by atoms with Gasteiger partial charge in [0.15, 0.2) is 5.60 Å². The lowest BCUT2D eigenvalue weighted by atomic mass is 9.86. The van der Waals surface area contributed by atoms with E-state index in [1.807, 2.05) is 19.1 Å². The molecule has 0 spiro atoms. The van der Waals surface area contributed by atoms with Crippen LogP contribution in [0.4, 0.5) is 4.39 Å². The van der Waals surface area contributed by atoms with Gasteiger partial charge in [0.1, 0.15) is 12.4 Å². The molecule has 1 aromatic carbocycles. The summed E-state index contributed by atoms with van der Waals surface area (Å²) in [5, 5.41) is 11.3. The van der Waals surface area contributed by atoms with E-state index in [0.29, 0.717) is 33.4 Å². The number of carbonyl (C=O) groups is 1. The Balaban J connectivity index is 1.86. The summed E-state index contributed by atoms with van der Waals surface area (Å²) in [4.78, 5) is 30.2. The fraction of sp³-hybridized carbons (Fsp3) is 0.348. The van der Waals surface area contributed by atoms with Gasteiger partial charge >= 0.3 is 5.97 Å². The van der Waals surface area contributed by atoms with E-state index in [2.05, 4.69) is 0 Å². The molecule has 8 heteroatoms. The zero-order chi connectivity index (χ0) is 22.2. The van der Waals surface area contributed by atoms with E-state index in [1.165, 1.54) is 4.57 Å². The Morgan fingerprint density at radius 1 is 1.35 bits per heavy atom. The van der Waals surface area contributed by atoms with Crippen molar-refractivity contribution in [3.8, 4) is 11.4 Å². The number of hydrogen-bond donors (Lipinski definition) is 2. The van der Waals surface area contributed by atoms with Gasteiger partial charge in [0.25, 0.3) is 5.56 Å². The molecule has 160 valence electrons. The van der Waals surface area contributed by atoms with Crippen LogP contribution in [0.1, 0.15) is 54.1 Å². The second-order valence-electron chi connectivity index (χ2n) is 8.34. The lowest BCUT2D eigenvalue weighted by molar-refractivity contribution is -0.172. The number of aliphatic hydroxyl groups is 1. The van der Waals surface area contributed by atoms with Gasteiger partial charge in [0.2, 0.25) is 0 Å². The van der Waals surface area contributed by atoms with Gasteiger partial charge in [-0.05, 0) is 37.5 Å². The number of ether oxygens (including phenoxy) is 1. The number of pyridine rings is 2. The fourth-order valence-electron chi connectivity index (χ4n) is 4.67. The van der Waals surface area contributed by atoms with Crippen LogP contribution < -0.4 is 11.3 Å². The number of benzene rings is 1. The van der Waals surface area contributed by atoms with E-state index in [9.17, 15) is 14.7 Å². The molecule has 2 aromatic heterocycles. The molecule has 0 aliphatic carbocycles. The van der Waals surface area contributed by atoms with Crippen LogP contribution in [0.3, 0.4) is 0 Å². The maximum Gasteiger partial charge on any atom is 0.343 e. The first kappa shape index (κ1) is 19.8. The summed E-state index contributed by atoms with van der Waals surface area (Å²) >= 11 is 0. The Labute approximate surface area is 177 Å². The highest BCUT2D eigenvalue weighted by Gasteiger charge is 2.45. The van der Waals surface area contributed by atoms with Crippen molar-refractivity contribution in [1.82, 2.24) is 9.55 Å². The Morgan fingerprint density at radius 3 is 2.77 bits per heavy atom. The van der Waals surface area contributed by atoms with E-state index in [1.54, 1.807) is 19.9 Å². The minimum Gasteiger partial charge on any atom is -0.458 e. The normalized spacial score (nSPS) is 20.3. The smallest absolute Gasteiger partial charge is 0.343 e. The monoisotopic (exact) mass is 423 g/mol. The van der Waals surface area contributed by atoms with Crippen molar-refractivity contribution >= 4 is 16.9 Å². The van der Waals surface area contributed by atoms with Crippen molar-refractivity contribution < 1.29 is 19.0 Å². The van der Waals surface area contributed by atoms with Crippen molar-refractivity contribution in [3.05, 3.63) is 62.2 Å². The van der Waals surface area contributed by atoms with E-state index in [-0.39, 0.29) is 36.7 Å². The summed E-state index contributed by atoms with van der Waals surface area (Å²) in [6.45, 7) is 5.04. The van der Waals surface area contributed by atoms with Gasteiger partial charge in [-0.15, -0.1) is 0 Å². The predicted molar refractivity (Wildman–Crippen MR) is 112 cm³/mol. The molecule has 1 unspecified atom stereocenters. The summed E-state index contributed by atoms with van der Waals surface area (Å²) in [5.74, 6) is -1.23. The van der Waals surface area contributed by atoms with Crippen LogP contribution in [0.5, 0.6) is 0 Å². The number of nitrogens with two attached hydrogens (primary N) is 1. The predicted octanol–water partition coefficient (Wildman–Crippen LogP) is 2.55. The largest absolute Gasteiger partial charge is 0.458 e. The molecule has 0 fully saturated rings. The molecule has 2 atom stereocenters. The molecule has 5 rings (SSSR count). The second-order valence-corrected chi connectivity index (χ2v) is 8.34. The molecule has 4 heterocycles. The first-order valence-corrected chi connectivity index (χ1v) is 10.2. The summed E-state index contributed by atoms with van der Waals surface area (Å²) in [6, 6.07) is 4.86. The first-order valence-electron chi connectivity index (χ1n) is 10.2. The van der Waals surface area contributed by atoms with Crippen LogP contribution in [0.25, 0.3) is 22.3 Å². The molecule has 2 aliphatic rings. The Hall–Kier alpha value is -3.10. The number of carbonyl (C=O) groups excluding carboxylic acids is 1.